The van der Waals surface area contributed by atoms with Gasteiger partial charge in [-0.25, -0.2) is 4.99 Å². The van der Waals surface area contributed by atoms with Crippen LogP contribution in [0.1, 0.15) is 5.56 Å². The van der Waals surface area contributed by atoms with E-state index in [0.29, 0.717) is 5.75 Å². The fraction of sp³-hybridized carbons (Fsp3) is 0.182. The molecule has 0 amide bonds. The molecule has 0 radical (unpaired) electrons. The van der Waals surface area contributed by atoms with Crippen LogP contribution in [0.15, 0.2) is 48.0 Å². The summed E-state index contributed by atoms with van der Waals surface area (Å²) in [7, 11) is 0. The van der Waals surface area contributed by atoms with E-state index in [2.05, 4.69) is 11.6 Å². The van der Waals surface area contributed by atoms with Crippen LogP contribution >= 0.6 is 11.8 Å². The topological polar surface area (TPSA) is 32.6 Å². The lowest BCUT2D eigenvalue weighted by Crippen LogP contribution is -2.22. The summed E-state index contributed by atoms with van der Waals surface area (Å²) in [5, 5.41) is 11.0. The Morgan fingerprint density at radius 3 is 2.71 bits per heavy atom. The van der Waals surface area contributed by atoms with E-state index < -0.39 is 5.72 Å². The number of thioether (sulfide) groups is 1. The number of hydrogen-bond donors (Lipinski definition) is 1. The smallest absolute Gasteiger partial charge is 0.193 e. The van der Waals surface area contributed by atoms with Crippen LogP contribution in [-0.4, -0.2) is 15.9 Å². The van der Waals surface area contributed by atoms with Crippen LogP contribution in [0, 0.1) is 0 Å². The van der Waals surface area contributed by atoms with Gasteiger partial charge in [0.2, 0.25) is 0 Å². The Kier molecular flexibility index (Phi) is 2.44. The van der Waals surface area contributed by atoms with Crippen LogP contribution in [0.25, 0.3) is 0 Å². The van der Waals surface area contributed by atoms with Gasteiger partial charge >= 0.3 is 0 Å². The minimum absolute atomic E-state index is 0.568. The van der Waals surface area contributed by atoms with Crippen molar-refractivity contribution in [1.29, 1.82) is 0 Å². The molecular weight excluding hydrogens is 194 g/mol. The molecule has 0 fully saturated rings. The number of benzene rings is 1. The molecule has 0 aromatic heterocycles. The second kappa shape index (κ2) is 3.59. The summed E-state index contributed by atoms with van der Waals surface area (Å²) in [4.78, 5) is 4.23. The third-order valence-corrected chi connectivity index (χ3v) is 3.23. The highest BCUT2D eigenvalue weighted by atomic mass is 32.2. The van der Waals surface area contributed by atoms with Crippen molar-refractivity contribution in [3.8, 4) is 0 Å². The first kappa shape index (κ1) is 9.49. The van der Waals surface area contributed by atoms with Crippen molar-refractivity contribution in [2.75, 3.05) is 5.75 Å². The van der Waals surface area contributed by atoms with Crippen LogP contribution in [0.3, 0.4) is 0 Å². The fourth-order valence-corrected chi connectivity index (χ4v) is 2.29. The second-order valence-corrected chi connectivity index (χ2v) is 4.12. The Hall–Kier alpha value is -1.06. The molecule has 1 aliphatic heterocycles. The third-order valence-electron chi connectivity index (χ3n) is 2.13. The molecule has 1 unspecified atom stereocenters. The molecule has 14 heavy (non-hydrogen) atoms. The summed E-state index contributed by atoms with van der Waals surface area (Å²) >= 11 is 1.53. The van der Waals surface area contributed by atoms with E-state index in [1.807, 2.05) is 30.3 Å². The molecule has 1 aliphatic rings. The number of hydrogen-bond acceptors (Lipinski definition) is 3. The molecule has 3 heteroatoms. The largest absolute Gasteiger partial charge is 0.365 e. The Balaban J connectivity index is 2.35. The molecule has 0 saturated carbocycles. The second-order valence-electron chi connectivity index (χ2n) is 3.13. The summed E-state index contributed by atoms with van der Waals surface area (Å²) in [5.41, 5.74) is -0.223. The number of aliphatic hydroxyl groups is 1. The highest BCUT2D eigenvalue weighted by molar-refractivity contribution is 8.14. The molecule has 1 aromatic carbocycles. The van der Waals surface area contributed by atoms with Gasteiger partial charge in [0.1, 0.15) is 0 Å². The number of nitrogens with zero attached hydrogens (tertiary/aromatic N) is 1. The molecule has 0 spiro atoms. The quantitative estimate of drug-likeness (QED) is 0.802. The molecule has 0 aliphatic carbocycles. The maximum absolute atomic E-state index is 10.2. The molecular formula is C11H11NOS. The van der Waals surface area contributed by atoms with Crippen molar-refractivity contribution in [2.45, 2.75) is 5.72 Å². The molecule has 1 heterocycles. The first-order chi connectivity index (χ1) is 6.74. The van der Waals surface area contributed by atoms with Gasteiger partial charge in [0.15, 0.2) is 5.72 Å². The Morgan fingerprint density at radius 1 is 1.43 bits per heavy atom. The summed E-state index contributed by atoms with van der Waals surface area (Å²) in [6, 6.07) is 9.50. The van der Waals surface area contributed by atoms with Gasteiger partial charge in [-0.05, 0) is 6.08 Å². The van der Waals surface area contributed by atoms with Crippen molar-refractivity contribution in [2.24, 2.45) is 4.99 Å². The molecule has 0 saturated heterocycles. The molecule has 2 rings (SSSR count). The average molecular weight is 205 g/mol. The molecule has 1 atom stereocenters. The lowest BCUT2D eigenvalue weighted by molar-refractivity contribution is 0.0759. The van der Waals surface area contributed by atoms with Gasteiger partial charge in [-0.2, -0.15) is 0 Å². The van der Waals surface area contributed by atoms with Gasteiger partial charge in [-0.1, -0.05) is 36.9 Å². The van der Waals surface area contributed by atoms with Crippen molar-refractivity contribution < 1.29 is 5.11 Å². The third kappa shape index (κ3) is 1.61. The van der Waals surface area contributed by atoms with Gasteiger partial charge in [-0.3, -0.25) is 0 Å². The van der Waals surface area contributed by atoms with Gasteiger partial charge in [0.05, 0.1) is 10.8 Å². The molecule has 72 valence electrons. The van der Waals surface area contributed by atoms with Crippen molar-refractivity contribution in [3.05, 3.63) is 48.6 Å². The summed E-state index contributed by atoms with van der Waals surface area (Å²) in [6.45, 7) is 3.64. The van der Waals surface area contributed by atoms with Crippen LogP contribution < -0.4 is 0 Å². The van der Waals surface area contributed by atoms with Crippen LogP contribution in [0.2, 0.25) is 0 Å². The predicted molar refractivity (Wildman–Crippen MR) is 60.4 cm³/mol. The zero-order chi connectivity index (χ0) is 10.0. The summed E-state index contributed by atoms with van der Waals surface area (Å²) in [6.07, 6.45) is 1.67. The predicted octanol–water partition coefficient (Wildman–Crippen LogP) is 2.16. The monoisotopic (exact) mass is 205 g/mol. The van der Waals surface area contributed by atoms with E-state index in [9.17, 15) is 5.11 Å². The van der Waals surface area contributed by atoms with E-state index in [4.69, 9.17) is 0 Å². The lowest BCUT2D eigenvalue weighted by Gasteiger charge is -2.18. The number of rotatable bonds is 2. The Labute approximate surface area is 87.4 Å². The normalized spacial score (nSPS) is 25.9. The van der Waals surface area contributed by atoms with Crippen molar-refractivity contribution in [1.82, 2.24) is 0 Å². The fourth-order valence-electron chi connectivity index (χ4n) is 1.38. The highest BCUT2D eigenvalue weighted by Gasteiger charge is 2.33. The minimum Gasteiger partial charge on any atom is -0.365 e. The Morgan fingerprint density at radius 2 is 2.14 bits per heavy atom. The van der Waals surface area contributed by atoms with Crippen LogP contribution in [0.4, 0.5) is 0 Å². The first-order valence-electron chi connectivity index (χ1n) is 4.37. The maximum Gasteiger partial charge on any atom is 0.193 e. The summed E-state index contributed by atoms with van der Waals surface area (Å²) < 4.78 is 0. The van der Waals surface area contributed by atoms with Crippen molar-refractivity contribution in [3.63, 3.8) is 0 Å². The summed E-state index contributed by atoms with van der Waals surface area (Å²) in [5.74, 6) is 0.568. The molecule has 1 N–H and O–H groups in total. The zero-order valence-corrected chi connectivity index (χ0v) is 8.50. The molecule has 2 nitrogen and oxygen atoms in total. The highest BCUT2D eigenvalue weighted by Crippen LogP contribution is 2.34. The minimum atomic E-state index is -1.06. The standard InChI is InChI=1S/C11H11NOS/c1-2-10-12-11(13,8-14-10)9-6-4-3-5-7-9/h2-7,13H,1,8H2. The SMILES string of the molecule is C=CC1=NC(O)(c2ccccc2)CS1. The number of aliphatic imine (C=N–C) groups is 1. The van der Waals surface area contributed by atoms with Gasteiger partial charge in [0, 0.05) is 5.56 Å². The molecule has 1 aromatic rings. The van der Waals surface area contributed by atoms with E-state index in [0.717, 1.165) is 10.6 Å². The van der Waals surface area contributed by atoms with E-state index in [1.54, 1.807) is 6.08 Å². The van der Waals surface area contributed by atoms with Crippen molar-refractivity contribution >= 4 is 16.8 Å². The van der Waals surface area contributed by atoms with Gasteiger partial charge < -0.3 is 5.11 Å². The lowest BCUT2D eigenvalue weighted by atomic mass is 10.1. The van der Waals surface area contributed by atoms with Gasteiger partial charge in [-0.15, -0.1) is 11.8 Å². The molecule has 0 bridgehead atoms. The first-order valence-corrected chi connectivity index (χ1v) is 5.36. The van der Waals surface area contributed by atoms with E-state index in [1.165, 1.54) is 11.8 Å². The van der Waals surface area contributed by atoms with Crippen LogP contribution in [0.5, 0.6) is 0 Å². The maximum atomic E-state index is 10.2. The van der Waals surface area contributed by atoms with Gasteiger partial charge in [0.25, 0.3) is 0 Å². The van der Waals surface area contributed by atoms with Crippen LogP contribution in [-0.2, 0) is 5.72 Å². The Bertz CT molecular complexity index is 374. The van der Waals surface area contributed by atoms with E-state index >= 15 is 0 Å². The average Bonchev–Trinajstić information content (AvgIpc) is 2.63. The van der Waals surface area contributed by atoms with E-state index in [-0.39, 0.29) is 0 Å². The zero-order valence-electron chi connectivity index (χ0n) is 7.68.